The highest BCUT2D eigenvalue weighted by atomic mass is 16.2. The van der Waals surface area contributed by atoms with Gasteiger partial charge in [-0.1, -0.05) is 5.21 Å². The summed E-state index contributed by atoms with van der Waals surface area (Å²) in [5.41, 5.74) is 2.12. The van der Waals surface area contributed by atoms with Gasteiger partial charge in [-0.15, -0.1) is 5.10 Å². The first kappa shape index (κ1) is 17.6. The SMILES string of the molecule is CC(C)n1ncc2cc(Cn3cc(C(C)(C)NC(=O)C4CC4)nn3)cnc21. The van der Waals surface area contributed by atoms with Gasteiger partial charge in [-0.05, 0) is 52.2 Å². The molecule has 1 aliphatic rings. The van der Waals surface area contributed by atoms with Gasteiger partial charge in [0.1, 0.15) is 5.69 Å². The number of amides is 1. The van der Waals surface area contributed by atoms with E-state index in [4.69, 9.17) is 0 Å². The predicted molar refractivity (Wildman–Crippen MR) is 101 cm³/mol. The number of nitrogens with zero attached hydrogens (tertiary/aromatic N) is 6. The Morgan fingerprint density at radius 1 is 1.33 bits per heavy atom. The molecule has 1 amide bonds. The summed E-state index contributed by atoms with van der Waals surface area (Å²) in [5.74, 6) is 0.273. The standard InChI is InChI=1S/C19H25N7O/c1-12(2)26-17-15(9-21-26)7-13(8-20-17)10-25-11-16(23-24-25)19(3,4)22-18(27)14-5-6-14/h7-9,11-12,14H,5-6,10H2,1-4H3,(H,22,27). The average molecular weight is 367 g/mol. The van der Waals surface area contributed by atoms with Gasteiger partial charge < -0.3 is 5.32 Å². The molecule has 1 aliphatic carbocycles. The van der Waals surface area contributed by atoms with E-state index in [-0.39, 0.29) is 17.9 Å². The van der Waals surface area contributed by atoms with Gasteiger partial charge in [0.05, 0.1) is 24.5 Å². The number of aromatic nitrogens is 6. The average Bonchev–Trinajstić information content (AvgIpc) is 3.20. The molecule has 8 nitrogen and oxygen atoms in total. The minimum Gasteiger partial charge on any atom is -0.345 e. The molecule has 0 aliphatic heterocycles. The van der Waals surface area contributed by atoms with Crippen LogP contribution in [0.5, 0.6) is 0 Å². The van der Waals surface area contributed by atoms with Crippen molar-refractivity contribution in [1.29, 1.82) is 0 Å². The Kier molecular flexibility index (Phi) is 4.20. The molecule has 0 aromatic carbocycles. The normalized spacial score (nSPS) is 14.9. The third-order valence-electron chi connectivity index (χ3n) is 4.89. The highest BCUT2D eigenvalue weighted by Crippen LogP contribution is 2.30. The highest BCUT2D eigenvalue weighted by molar-refractivity contribution is 5.81. The first-order valence-electron chi connectivity index (χ1n) is 9.38. The van der Waals surface area contributed by atoms with Crippen molar-refractivity contribution in [2.75, 3.05) is 0 Å². The second-order valence-corrected chi connectivity index (χ2v) is 8.13. The van der Waals surface area contributed by atoms with Crippen molar-refractivity contribution in [2.24, 2.45) is 5.92 Å². The summed E-state index contributed by atoms with van der Waals surface area (Å²) < 4.78 is 3.69. The molecular formula is C19H25N7O. The lowest BCUT2D eigenvalue weighted by molar-refractivity contribution is -0.124. The van der Waals surface area contributed by atoms with Gasteiger partial charge in [-0.25, -0.2) is 14.3 Å². The van der Waals surface area contributed by atoms with Crippen molar-refractivity contribution in [2.45, 2.75) is 58.7 Å². The molecule has 1 saturated carbocycles. The van der Waals surface area contributed by atoms with E-state index in [1.54, 1.807) is 4.68 Å². The van der Waals surface area contributed by atoms with Crippen molar-refractivity contribution in [3.05, 3.63) is 35.9 Å². The molecule has 0 bridgehead atoms. The van der Waals surface area contributed by atoms with Crippen LogP contribution in [0.4, 0.5) is 0 Å². The lowest BCUT2D eigenvalue weighted by Gasteiger charge is -2.23. The fraction of sp³-hybridized carbons (Fsp3) is 0.526. The topological polar surface area (TPSA) is 90.5 Å². The fourth-order valence-electron chi connectivity index (χ4n) is 3.12. The van der Waals surface area contributed by atoms with Crippen molar-refractivity contribution < 1.29 is 4.79 Å². The Balaban J connectivity index is 1.50. The Hall–Kier alpha value is -2.77. The number of pyridine rings is 1. The second-order valence-electron chi connectivity index (χ2n) is 8.13. The van der Waals surface area contributed by atoms with Crippen molar-refractivity contribution in [3.8, 4) is 0 Å². The van der Waals surface area contributed by atoms with E-state index in [0.717, 1.165) is 35.1 Å². The maximum atomic E-state index is 12.1. The van der Waals surface area contributed by atoms with Crippen LogP contribution in [0, 0.1) is 5.92 Å². The molecule has 1 N–H and O–H groups in total. The van der Waals surface area contributed by atoms with Gasteiger partial charge in [0.15, 0.2) is 5.65 Å². The largest absolute Gasteiger partial charge is 0.345 e. The van der Waals surface area contributed by atoms with Crippen LogP contribution in [0.1, 0.15) is 57.8 Å². The molecule has 3 heterocycles. The van der Waals surface area contributed by atoms with Gasteiger partial charge in [-0.3, -0.25) is 4.79 Å². The van der Waals surface area contributed by atoms with E-state index >= 15 is 0 Å². The number of carbonyl (C=O) groups excluding carboxylic acids is 1. The van der Waals surface area contributed by atoms with Crippen LogP contribution in [0.25, 0.3) is 11.0 Å². The van der Waals surface area contributed by atoms with Crippen LogP contribution in [0.15, 0.2) is 24.7 Å². The van der Waals surface area contributed by atoms with Crippen LogP contribution in [0.2, 0.25) is 0 Å². The van der Waals surface area contributed by atoms with Crippen LogP contribution in [0.3, 0.4) is 0 Å². The summed E-state index contributed by atoms with van der Waals surface area (Å²) in [4.78, 5) is 16.6. The third kappa shape index (κ3) is 3.56. The predicted octanol–water partition coefficient (Wildman–Crippen LogP) is 2.41. The summed E-state index contributed by atoms with van der Waals surface area (Å²) in [6.45, 7) is 8.64. The third-order valence-corrected chi connectivity index (χ3v) is 4.89. The molecule has 0 unspecified atom stereocenters. The molecule has 3 aromatic heterocycles. The van der Waals surface area contributed by atoms with Gasteiger partial charge in [0.2, 0.25) is 5.91 Å². The van der Waals surface area contributed by atoms with Crippen molar-refractivity contribution >= 4 is 16.9 Å². The number of hydrogen-bond donors (Lipinski definition) is 1. The molecule has 8 heteroatoms. The molecule has 0 spiro atoms. The summed E-state index contributed by atoms with van der Waals surface area (Å²) in [5, 5.41) is 17.0. The summed E-state index contributed by atoms with van der Waals surface area (Å²) in [6.07, 6.45) is 7.54. The molecule has 4 rings (SSSR count). The second kappa shape index (κ2) is 6.44. The van der Waals surface area contributed by atoms with Crippen molar-refractivity contribution in [3.63, 3.8) is 0 Å². The van der Waals surface area contributed by atoms with E-state index in [9.17, 15) is 4.79 Å². The number of hydrogen-bond acceptors (Lipinski definition) is 5. The zero-order valence-electron chi connectivity index (χ0n) is 16.2. The number of carbonyl (C=O) groups is 1. The zero-order chi connectivity index (χ0) is 19.2. The molecule has 3 aromatic rings. The van der Waals surface area contributed by atoms with E-state index in [1.807, 2.05) is 37.1 Å². The lowest BCUT2D eigenvalue weighted by atomic mass is 10.0. The summed E-state index contributed by atoms with van der Waals surface area (Å²) in [6, 6.07) is 2.35. The maximum Gasteiger partial charge on any atom is 0.223 e. The minimum absolute atomic E-state index is 0.103. The maximum absolute atomic E-state index is 12.1. The lowest BCUT2D eigenvalue weighted by Crippen LogP contribution is -2.42. The Labute approximate surface area is 158 Å². The van der Waals surface area contributed by atoms with Crippen LogP contribution >= 0.6 is 0 Å². The Morgan fingerprint density at radius 3 is 2.81 bits per heavy atom. The summed E-state index contributed by atoms with van der Waals surface area (Å²) in [7, 11) is 0. The molecule has 0 atom stereocenters. The molecule has 1 fully saturated rings. The van der Waals surface area contributed by atoms with Crippen LogP contribution < -0.4 is 5.32 Å². The van der Waals surface area contributed by atoms with Gasteiger partial charge >= 0.3 is 0 Å². The molecule has 142 valence electrons. The van der Waals surface area contributed by atoms with Gasteiger partial charge in [0, 0.05) is 23.5 Å². The number of nitrogens with one attached hydrogen (secondary N) is 1. The molecule has 0 saturated heterocycles. The van der Waals surface area contributed by atoms with Crippen LogP contribution in [-0.2, 0) is 16.9 Å². The number of rotatable bonds is 6. The van der Waals surface area contributed by atoms with E-state index < -0.39 is 5.54 Å². The highest BCUT2D eigenvalue weighted by Gasteiger charge is 2.34. The van der Waals surface area contributed by atoms with E-state index in [0.29, 0.717) is 6.54 Å². The zero-order valence-corrected chi connectivity index (χ0v) is 16.2. The molecular weight excluding hydrogens is 342 g/mol. The smallest absolute Gasteiger partial charge is 0.223 e. The monoisotopic (exact) mass is 367 g/mol. The summed E-state index contributed by atoms with van der Waals surface area (Å²) >= 11 is 0. The fourth-order valence-corrected chi connectivity index (χ4v) is 3.12. The first-order chi connectivity index (χ1) is 12.8. The minimum atomic E-state index is -0.543. The number of fused-ring (bicyclic) bond motifs is 1. The quantitative estimate of drug-likeness (QED) is 0.722. The molecule has 27 heavy (non-hydrogen) atoms. The Morgan fingerprint density at radius 2 is 2.11 bits per heavy atom. The van der Waals surface area contributed by atoms with E-state index in [1.165, 1.54) is 0 Å². The van der Waals surface area contributed by atoms with Crippen molar-refractivity contribution in [1.82, 2.24) is 35.1 Å². The molecule has 0 radical (unpaired) electrons. The van der Waals surface area contributed by atoms with Crippen LogP contribution in [-0.4, -0.2) is 35.7 Å². The van der Waals surface area contributed by atoms with E-state index in [2.05, 4.69) is 45.6 Å². The van der Waals surface area contributed by atoms with Gasteiger partial charge in [-0.2, -0.15) is 5.10 Å². The van der Waals surface area contributed by atoms with Gasteiger partial charge in [0.25, 0.3) is 0 Å². The Bertz CT molecular complexity index is 981. The first-order valence-corrected chi connectivity index (χ1v) is 9.38.